The van der Waals surface area contributed by atoms with Crippen LogP contribution in [0.4, 0.5) is 5.95 Å². The Morgan fingerprint density at radius 3 is 2.82 bits per heavy atom. The highest BCUT2D eigenvalue weighted by Crippen LogP contribution is 2.22. The van der Waals surface area contributed by atoms with E-state index in [0.29, 0.717) is 31.9 Å². The number of carbonyl (C=O) groups is 1. The van der Waals surface area contributed by atoms with Crippen LogP contribution in [-0.4, -0.2) is 45.4 Å². The molecule has 2 aliphatic heterocycles. The normalized spacial score (nSPS) is 16.6. The van der Waals surface area contributed by atoms with Gasteiger partial charge >= 0.3 is 0 Å². The largest absolute Gasteiger partial charge is 0.361 e. The van der Waals surface area contributed by atoms with E-state index in [4.69, 9.17) is 4.98 Å². The van der Waals surface area contributed by atoms with Crippen molar-refractivity contribution in [2.24, 2.45) is 0 Å². The van der Waals surface area contributed by atoms with Crippen molar-refractivity contribution in [2.75, 3.05) is 24.5 Å². The van der Waals surface area contributed by atoms with Gasteiger partial charge in [-0.05, 0) is 30.9 Å². The zero-order chi connectivity index (χ0) is 19.1. The molecule has 0 bridgehead atoms. The summed E-state index contributed by atoms with van der Waals surface area (Å²) in [7, 11) is 0. The summed E-state index contributed by atoms with van der Waals surface area (Å²) in [5.41, 5.74) is 3.44. The number of hydrogen-bond acceptors (Lipinski definition) is 4. The molecule has 2 N–H and O–H groups in total. The molecule has 1 fully saturated rings. The number of hydrogen-bond donors (Lipinski definition) is 2. The predicted molar refractivity (Wildman–Crippen MR) is 107 cm³/mol. The van der Waals surface area contributed by atoms with Crippen LogP contribution in [-0.2, 0) is 24.2 Å². The first-order chi connectivity index (χ1) is 13.7. The molecular formula is C21H23N5O2. The lowest BCUT2D eigenvalue weighted by molar-refractivity contribution is -0.131. The highest BCUT2D eigenvalue weighted by Gasteiger charge is 2.26. The van der Waals surface area contributed by atoms with Gasteiger partial charge in [0.15, 0.2) is 0 Å². The van der Waals surface area contributed by atoms with Crippen LogP contribution in [0.2, 0.25) is 0 Å². The number of carbonyl (C=O) groups excluding carboxylic acids is 1. The molecule has 2 aromatic heterocycles. The van der Waals surface area contributed by atoms with Gasteiger partial charge in [0.2, 0.25) is 11.9 Å². The molecule has 0 spiro atoms. The van der Waals surface area contributed by atoms with Crippen LogP contribution in [0, 0.1) is 0 Å². The predicted octanol–water partition coefficient (Wildman–Crippen LogP) is 1.98. The van der Waals surface area contributed by atoms with E-state index in [0.717, 1.165) is 53.7 Å². The van der Waals surface area contributed by atoms with E-state index in [-0.39, 0.29) is 11.5 Å². The van der Waals surface area contributed by atoms with Crippen molar-refractivity contribution in [3.63, 3.8) is 0 Å². The number of para-hydroxylation sites is 1. The zero-order valence-corrected chi connectivity index (χ0v) is 15.7. The van der Waals surface area contributed by atoms with Gasteiger partial charge in [-0.3, -0.25) is 14.6 Å². The summed E-state index contributed by atoms with van der Waals surface area (Å²) in [5.74, 6) is 0.715. The van der Waals surface area contributed by atoms with Crippen LogP contribution in [0.5, 0.6) is 0 Å². The van der Waals surface area contributed by atoms with E-state index in [1.54, 1.807) is 0 Å². The number of rotatable bonds is 3. The molecule has 7 heteroatoms. The topological polar surface area (TPSA) is 85.1 Å². The van der Waals surface area contributed by atoms with E-state index >= 15 is 0 Å². The molecule has 2 aliphatic rings. The van der Waals surface area contributed by atoms with E-state index < -0.39 is 0 Å². The van der Waals surface area contributed by atoms with Crippen molar-refractivity contribution in [3.05, 3.63) is 57.6 Å². The maximum Gasteiger partial charge on any atom is 0.255 e. The van der Waals surface area contributed by atoms with Gasteiger partial charge in [0.05, 0.1) is 18.7 Å². The maximum absolute atomic E-state index is 12.9. The van der Waals surface area contributed by atoms with Crippen LogP contribution in [0.3, 0.4) is 0 Å². The zero-order valence-electron chi connectivity index (χ0n) is 15.7. The van der Waals surface area contributed by atoms with E-state index in [1.807, 2.05) is 35.4 Å². The molecule has 3 aromatic rings. The number of nitrogens with zero attached hydrogens (tertiary/aromatic N) is 3. The van der Waals surface area contributed by atoms with Gasteiger partial charge in [-0.25, -0.2) is 4.98 Å². The van der Waals surface area contributed by atoms with Crippen molar-refractivity contribution in [1.29, 1.82) is 0 Å². The Bertz CT molecular complexity index is 1090. The number of fused-ring (bicyclic) bond motifs is 2. The fraction of sp³-hybridized carbons (Fsp3) is 0.381. The van der Waals surface area contributed by atoms with Crippen LogP contribution in [0.15, 0.2) is 35.3 Å². The average molecular weight is 377 g/mol. The minimum absolute atomic E-state index is 0.0596. The number of aromatic amines is 2. The van der Waals surface area contributed by atoms with E-state index in [2.05, 4.69) is 14.9 Å². The summed E-state index contributed by atoms with van der Waals surface area (Å²) in [6.07, 6.45) is 5.06. The van der Waals surface area contributed by atoms with Crippen LogP contribution < -0.4 is 10.5 Å². The quantitative estimate of drug-likeness (QED) is 0.731. The van der Waals surface area contributed by atoms with Gasteiger partial charge in [0, 0.05) is 42.3 Å². The SMILES string of the molecule is O=C(Cc1c[nH]c2ccccc12)N1CCc2c(nc(N3CCCC3)[nH]c2=O)C1. The first-order valence-electron chi connectivity index (χ1n) is 9.89. The Labute approximate surface area is 162 Å². The Hall–Kier alpha value is -3.09. The Kier molecular flexibility index (Phi) is 4.15. The van der Waals surface area contributed by atoms with Gasteiger partial charge < -0.3 is 14.8 Å². The fourth-order valence-corrected chi connectivity index (χ4v) is 4.27. The third-order valence-electron chi connectivity index (χ3n) is 5.84. The first kappa shape index (κ1) is 17.0. The lowest BCUT2D eigenvalue weighted by atomic mass is 10.0. The van der Waals surface area contributed by atoms with Gasteiger partial charge in [-0.2, -0.15) is 0 Å². The monoisotopic (exact) mass is 377 g/mol. The van der Waals surface area contributed by atoms with Gasteiger partial charge in [-0.15, -0.1) is 0 Å². The van der Waals surface area contributed by atoms with Crippen molar-refractivity contribution in [3.8, 4) is 0 Å². The summed E-state index contributed by atoms with van der Waals surface area (Å²) in [6, 6.07) is 8.00. The lowest BCUT2D eigenvalue weighted by Gasteiger charge is -2.28. The third-order valence-corrected chi connectivity index (χ3v) is 5.84. The van der Waals surface area contributed by atoms with Crippen molar-refractivity contribution >= 4 is 22.8 Å². The number of aromatic nitrogens is 3. The second-order valence-corrected chi connectivity index (χ2v) is 7.61. The van der Waals surface area contributed by atoms with Crippen LogP contribution in [0.25, 0.3) is 10.9 Å². The summed E-state index contributed by atoms with van der Waals surface area (Å²) >= 11 is 0. The maximum atomic E-state index is 12.9. The van der Waals surface area contributed by atoms with E-state index in [1.165, 1.54) is 0 Å². The molecule has 5 rings (SSSR count). The lowest BCUT2D eigenvalue weighted by Crippen LogP contribution is -2.40. The van der Waals surface area contributed by atoms with Crippen molar-refractivity contribution in [2.45, 2.75) is 32.2 Å². The van der Waals surface area contributed by atoms with Crippen molar-refractivity contribution in [1.82, 2.24) is 19.9 Å². The number of anilines is 1. The highest BCUT2D eigenvalue weighted by molar-refractivity contribution is 5.89. The molecule has 1 saturated heterocycles. The molecule has 1 amide bonds. The number of H-pyrrole nitrogens is 2. The molecule has 144 valence electrons. The molecule has 0 aliphatic carbocycles. The average Bonchev–Trinajstić information content (AvgIpc) is 3.38. The summed E-state index contributed by atoms with van der Waals surface area (Å²) in [6.45, 7) is 2.80. The molecule has 0 radical (unpaired) electrons. The summed E-state index contributed by atoms with van der Waals surface area (Å²) in [4.78, 5) is 40.2. The van der Waals surface area contributed by atoms with Gasteiger partial charge in [0.25, 0.3) is 5.56 Å². The molecule has 0 atom stereocenters. The van der Waals surface area contributed by atoms with Gasteiger partial charge in [0.1, 0.15) is 0 Å². The molecule has 7 nitrogen and oxygen atoms in total. The first-order valence-corrected chi connectivity index (χ1v) is 9.89. The molecule has 0 unspecified atom stereocenters. The van der Waals surface area contributed by atoms with Gasteiger partial charge in [-0.1, -0.05) is 18.2 Å². The number of benzene rings is 1. The van der Waals surface area contributed by atoms with E-state index in [9.17, 15) is 9.59 Å². The van der Waals surface area contributed by atoms with Crippen molar-refractivity contribution < 1.29 is 4.79 Å². The second-order valence-electron chi connectivity index (χ2n) is 7.61. The number of nitrogens with one attached hydrogen (secondary N) is 2. The minimum Gasteiger partial charge on any atom is -0.361 e. The summed E-state index contributed by atoms with van der Waals surface area (Å²) in [5, 5.41) is 1.08. The minimum atomic E-state index is -0.0596. The highest BCUT2D eigenvalue weighted by atomic mass is 16.2. The molecule has 0 saturated carbocycles. The Morgan fingerprint density at radius 2 is 1.96 bits per heavy atom. The third kappa shape index (κ3) is 2.96. The van der Waals surface area contributed by atoms with Crippen LogP contribution in [0.1, 0.15) is 29.7 Å². The molecule has 28 heavy (non-hydrogen) atoms. The smallest absolute Gasteiger partial charge is 0.255 e. The molecular weight excluding hydrogens is 354 g/mol. The number of amides is 1. The molecule has 4 heterocycles. The standard InChI is InChI=1S/C21H23N5O2/c27-19(11-14-12-22-17-6-2-1-5-15(14)17)26-10-7-16-18(13-26)23-21(24-20(16)28)25-8-3-4-9-25/h1-2,5-6,12,22H,3-4,7-11,13H2,(H,23,24,28). The second kappa shape index (κ2) is 6.82. The fourth-order valence-electron chi connectivity index (χ4n) is 4.27. The Balaban J connectivity index is 1.37. The Morgan fingerprint density at radius 1 is 1.14 bits per heavy atom. The molecule has 1 aromatic carbocycles. The summed E-state index contributed by atoms with van der Waals surface area (Å²) < 4.78 is 0. The van der Waals surface area contributed by atoms with Crippen LogP contribution >= 0.6 is 0 Å².